The number of nitrogens with two attached hydrogens (primary N) is 1. The number of fused-ring (bicyclic) bond motifs is 1. The summed E-state index contributed by atoms with van der Waals surface area (Å²) in [4.78, 5) is 9.50. The summed E-state index contributed by atoms with van der Waals surface area (Å²) < 4.78 is 15.7. The Morgan fingerprint density at radius 3 is 2.47 bits per heavy atom. The maximum absolute atomic E-state index is 13.5. The highest BCUT2D eigenvalue weighted by Crippen LogP contribution is 2.31. The molecule has 158 valence electrons. The van der Waals surface area contributed by atoms with Crippen LogP contribution in [-0.4, -0.2) is 21.1 Å². The molecular formula is C23H25Cl2FN4. The van der Waals surface area contributed by atoms with Gasteiger partial charge in [-0.25, -0.2) is 14.4 Å². The number of rotatable bonds is 7. The first-order valence-corrected chi connectivity index (χ1v) is 9.63. The second kappa shape index (κ2) is 11.1. The quantitative estimate of drug-likeness (QED) is 0.360. The highest BCUT2D eigenvalue weighted by molar-refractivity contribution is 5.86. The maximum atomic E-state index is 13.5. The van der Waals surface area contributed by atoms with Crippen LogP contribution in [0.25, 0.3) is 33.5 Å². The lowest BCUT2D eigenvalue weighted by molar-refractivity contribution is 0.594. The van der Waals surface area contributed by atoms with Crippen molar-refractivity contribution in [2.24, 2.45) is 5.73 Å². The highest BCUT2D eigenvalue weighted by atomic mass is 35.5. The van der Waals surface area contributed by atoms with Crippen LogP contribution in [0.3, 0.4) is 0 Å². The van der Waals surface area contributed by atoms with E-state index in [1.807, 2.05) is 36.7 Å². The molecule has 0 unspecified atom stereocenters. The Morgan fingerprint density at radius 1 is 0.900 bits per heavy atom. The SMILES string of the molecule is Cl.Cl.NCCCCCn1cnc(-c2ccccc2)c1-c1ccc2cc(F)ccc2n1. The third-order valence-electron chi connectivity index (χ3n) is 4.88. The molecule has 7 heteroatoms. The number of aryl methyl sites for hydroxylation is 1. The first kappa shape index (κ1) is 23.8. The zero-order valence-electron chi connectivity index (χ0n) is 16.5. The van der Waals surface area contributed by atoms with Gasteiger partial charge in [-0.3, -0.25) is 0 Å². The second-order valence-corrected chi connectivity index (χ2v) is 6.88. The molecule has 2 aromatic carbocycles. The van der Waals surface area contributed by atoms with E-state index in [-0.39, 0.29) is 30.6 Å². The Balaban J connectivity index is 0.00000160. The topological polar surface area (TPSA) is 56.7 Å². The molecule has 30 heavy (non-hydrogen) atoms. The van der Waals surface area contributed by atoms with Crippen molar-refractivity contribution in [2.75, 3.05) is 6.54 Å². The Hall–Kier alpha value is -2.47. The van der Waals surface area contributed by atoms with Gasteiger partial charge in [-0.1, -0.05) is 42.8 Å². The average molecular weight is 447 g/mol. The van der Waals surface area contributed by atoms with Gasteiger partial charge in [-0.2, -0.15) is 0 Å². The number of halogens is 3. The van der Waals surface area contributed by atoms with Gasteiger partial charge in [0, 0.05) is 17.5 Å². The molecule has 0 aliphatic rings. The zero-order chi connectivity index (χ0) is 19.3. The van der Waals surface area contributed by atoms with Crippen molar-refractivity contribution in [1.29, 1.82) is 0 Å². The lowest BCUT2D eigenvalue weighted by atomic mass is 10.1. The van der Waals surface area contributed by atoms with E-state index >= 15 is 0 Å². The Labute approximate surface area is 188 Å². The predicted molar refractivity (Wildman–Crippen MR) is 126 cm³/mol. The minimum absolute atomic E-state index is 0. The molecule has 0 atom stereocenters. The van der Waals surface area contributed by atoms with Gasteiger partial charge in [0.15, 0.2) is 0 Å². The molecule has 4 aromatic rings. The molecule has 0 saturated heterocycles. The second-order valence-electron chi connectivity index (χ2n) is 6.88. The minimum Gasteiger partial charge on any atom is -0.330 e. The van der Waals surface area contributed by atoms with Crippen LogP contribution < -0.4 is 5.73 Å². The van der Waals surface area contributed by atoms with Crippen LogP contribution in [0.4, 0.5) is 4.39 Å². The molecular weight excluding hydrogens is 422 g/mol. The predicted octanol–water partition coefficient (Wildman–Crippen LogP) is 5.88. The number of unbranched alkanes of at least 4 members (excludes halogenated alkanes) is 2. The number of hydrogen-bond donors (Lipinski definition) is 1. The van der Waals surface area contributed by atoms with E-state index in [1.165, 1.54) is 12.1 Å². The fourth-order valence-electron chi connectivity index (χ4n) is 3.46. The van der Waals surface area contributed by atoms with Crippen molar-refractivity contribution in [2.45, 2.75) is 25.8 Å². The molecule has 0 fully saturated rings. The zero-order valence-corrected chi connectivity index (χ0v) is 18.1. The van der Waals surface area contributed by atoms with Gasteiger partial charge in [-0.15, -0.1) is 24.8 Å². The molecule has 0 aliphatic carbocycles. The highest BCUT2D eigenvalue weighted by Gasteiger charge is 2.16. The number of imidazole rings is 1. The summed E-state index contributed by atoms with van der Waals surface area (Å²) in [5.41, 5.74) is 10.2. The number of benzene rings is 2. The normalized spacial score (nSPS) is 10.5. The molecule has 0 amide bonds. The van der Waals surface area contributed by atoms with Gasteiger partial charge < -0.3 is 10.3 Å². The molecule has 4 nitrogen and oxygen atoms in total. The summed E-state index contributed by atoms with van der Waals surface area (Å²) in [6, 6.07) is 18.7. The number of hydrogen-bond acceptors (Lipinski definition) is 3. The van der Waals surface area contributed by atoms with E-state index in [2.05, 4.69) is 16.7 Å². The van der Waals surface area contributed by atoms with E-state index in [1.54, 1.807) is 6.07 Å². The van der Waals surface area contributed by atoms with Crippen molar-refractivity contribution in [3.63, 3.8) is 0 Å². The van der Waals surface area contributed by atoms with Gasteiger partial charge in [-0.05, 0) is 43.7 Å². The Bertz CT molecular complexity index is 1080. The lowest BCUT2D eigenvalue weighted by Crippen LogP contribution is -2.03. The summed E-state index contributed by atoms with van der Waals surface area (Å²) in [5, 5.41) is 0.791. The molecule has 0 saturated carbocycles. The van der Waals surface area contributed by atoms with Crippen molar-refractivity contribution in [3.05, 3.63) is 72.8 Å². The van der Waals surface area contributed by atoms with E-state index in [0.29, 0.717) is 0 Å². The van der Waals surface area contributed by atoms with Gasteiger partial charge in [0.25, 0.3) is 0 Å². The van der Waals surface area contributed by atoms with E-state index in [4.69, 9.17) is 15.7 Å². The molecule has 2 aromatic heterocycles. The lowest BCUT2D eigenvalue weighted by Gasteiger charge is -2.11. The molecule has 2 N–H and O–H groups in total. The molecule has 0 aliphatic heterocycles. The van der Waals surface area contributed by atoms with Crippen molar-refractivity contribution in [1.82, 2.24) is 14.5 Å². The largest absolute Gasteiger partial charge is 0.330 e. The van der Waals surface area contributed by atoms with Crippen LogP contribution in [0, 0.1) is 5.82 Å². The van der Waals surface area contributed by atoms with Crippen LogP contribution in [0.1, 0.15) is 19.3 Å². The fourth-order valence-corrected chi connectivity index (χ4v) is 3.46. The summed E-state index contributed by atoms with van der Waals surface area (Å²) >= 11 is 0. The van der Waals surface area contributed by atoms with Crippen LogP contribution in [-0.2, 0) is 6.54 Å². The smallest absolute Gasteiger partial charge is 0.123 e. The number of pyridine rings is 1. The third kappa shape index (κ3) is 5.17. The molecule has 0 spiro atoms. The van der Waals surface area contributed by atoms with Gasteiger partial charge in [0.1, 0.15) is 5.82 Å². The molecule has 0 radical (unpaired) electrons. The Morgan fingerprint density at radius 2 is 1.70 bits per heavy atom. The van der Waals surface area contributed by atoms with E-state index in [9.17, 15) is 4.39 Å². The van der Waals surface area contributed by atoms with Gasteiger partial charge in [0.05, 0.1) is 28.9 Å². The van der Waals surface area contributed by atoms with Crippen LogP contribution in [0.5, 0.6) is 0 Å². The third-order valence-corrected chi connectivity index (χ3v) is 4.88. The van der Waals surface area contributed by atoms with Crippen molar-refractivity contribution < 1.29 is 4.39 Å². The minimum atomic E-state index is -0.253. The maximum Gasteiger partial charge on any atom is 0.123 e. The Kier molecular flexibility index (Phi) is 8.78. The summed E-state index contributed by atoms with van der Waals surface area (Å²) in [5.74, 6) is -0.253. The number of nitrogens with zero attached hydrogens (tertiary/aromatic N) is 3. The first-order chi connectivity index (χ1) is 13.8. The summed E-state index contributed by atoms with van der Waals surface area (Å²) in [7, 11) is 0. The fraction of sp³-hybridized carbons (Fsp3) is 0.217. The van der Waals surface area contributed by atoms with Crippen LogP contribution in [0.15, 0.2) is 67.0 Å². The van der Waals surface area contributed by atoms with Crippen molar-refractivity contribution >= 4 is 35.7 Å². The molecule has 0 bridgehead atoms. The first-order valence-electron chi connectivity index (χ1n) is 9.63. The average Bonchev–Trinajstić information content (AvgIpc) is 3.15. The van der Waals surface area contributed by atoms with E-state index < -0.39 is 0 Å². The van der Waals surface area contributed by atoms with Crippen LogP contribution >= 0.6 is 24.8 Å². The monoisotopic (exact) mass is 446 g/mol. The molecule has 4 rings (SSSR count). The number of aromatic nitrogens is 3. The molecule has 2 heterocycles. The summed E-state index contributed by atoms with van der Waals surface area (Å²) in [6.07, 6.45) is 5.03. The summed E-state index contributed by atoms with van der Waals surface area (Å²) in [6.45, 7) is 1.58. The van der Waals surface area contributed by atoms with Gasteiger partial charge >= 0.3 is 0 Å². The standard InChI is InChI=1S/C23H23FN4.2ClH/c24-19-10-12-20-18(15-19)9-11-21(27-20)23-22(17-7-3-1-4-8-17)26-16-28(23)14-6-2-5-13-25;;/h1,3-4,7-12,15-16H,2,5-6,13-14,25H2;2*1H. The van der Waals surface area contributed by atoms with E-state index in [0.717, 1.165) is 65.9 Å². The van der Waals surface area contributed by atoms with Crippen molar-refractivity contribution in [3.8, 4) is 22.6 Å². The van der Waals surface area contributed by atoms with Crippen LogP contribution in [0.2, 0.25) is 0 Å². The van der Waals surface area contributed by atoms with Gasteiger partial charge in [0.2, 0.25) is 0 Å².